The van der Waals surface area contributed by atoms with Crippen molar-refractivity contribution in [2.45, 2.75) is 26.9 Å². The summed E-state index contributed by atoms with van der Waals surface area (Å²) in [4.78, 5) is 11.6. The van der Waals surface area contributed by atoms with Gasteiger partial charge in [0, 0.05) is 0 Å². The standard InChI is InChI=1S/C12H16O3/c1-4-14-11-8-6-5-7-10(11)12(13)15-9(2)3/h5-9H,4H2,1-3H3. The van der Waals surface area contributed by atoms with Gasteiger partial charge >= 0.3 is 5.97 Å². The number of benzene rings is 1. The van der Waals surface area contributed by atoms with E-state index in [0.29, 0.717) is 17.9 Å². The normalized spacial score (nSPS) is 10.1. The maximum Gasteiger partial charge on any atom is 0.342 e. The lowest BCUT2D eigenvalue weighted by Crippen LogP contribution is -2.13. The second-order valence-corrected chi connectivity index (χ2v) is 3.38. The van der Waals surface area contributed by atoms with Crippen molar-refractivity contribution in [1.82, 2.24) is 0 Å². The fraction of sp³-hybridized carbons (Fsp3) is 0.417. The SMILES string of the molecule is CCOc1ccccc1C(=O)OC(C)C. The van der Waals surface area contributed by atoms with Crippen molar-refractivity contribution in [2.75, 3.05) is 6.61 Å². The van der Waals surface area contributed by atoms with E-state index < -0.39 is 0 Å². The monoisotopic (exact) mass is 208 g/mol. The van der Waals surface area contributed by atoms with Crippen LogP contribution in [0.4, 0.5) is 0 Å². The summed E-state index contributed by atoms with van der Waals surface area (Å²) >= 11 is 0. The zero-order chi connectivity index (χ0) is 11.3. The van der Waals surface area contributed by atoms with Gasteiger partial charge in [-0.2, -0.15) is 0 Å². The number of hydrogen-bond acceptors (Lipinski definition) is 3. The summed E-state index contributed by atoms with van der Waals surface area (Å²) < 4.78 is 10.4. The van der Waals surface area contributed by atoms with Crippen molar-refractivity contribution >= 4 is 5.97 Å². The third-order valence-corrected chi connectivity index (χ3v) is 1.75. The van der Waals surface area contributed by atoms with Crippen LogP contribution in [0.3, 0.4) is 0 Å². The number of rotatable bonds is 4. The predicted molar refractivity (Wildman–Crippen MR) is 58.2 cm³/mol. The molecule has 15 heavy (non-hydrogen) atoms. The molecule has 0 aliphatic heterocycles. The van der Waals surface area contributed by atoms with Crippen LogP contribution in [-0.4, -0.2) is 18.7 Å². The first-order chi connectivity index (χ1) is 7.15. The molecule has 3 nitrogen and oxygen atoms in total. The lowest BCUT2D eigenvalue weighted by Gasteiger charge is -2.11. The molecule has 1 rings (SSSR count). The number of carbonyl (C=O) groups is 1. The van der Waals surface area contributed by atoms with Crippen LogP contribution in [0.25, 0.3) is 0 Å². The summed E-state index contributed by atoms with van der Waals surface area (Å²) in [5.74, 6) is 0.236. The van der Waals surface area contributed by atoms with Crippen LogP contribution >= 0.6 is 0 Å². The maximum absolute atomic E-state index is 11.6. The second-order valence-electron chi connectivity index (χ2n) is 3.38. The van der Waals surface area contributed by atoms with Crippen molar-refractivity contribution < 1.29 is 14.3 Å². The van der Waals surface area contributed by atoms with Gasteiger partial charge < -0.3 is 9.47 Å². The van der Waals surface area contributed by atoms with Crippen LogP contribution in [0, 0.1) is 0 Å². The molecule has 0 N–H and O–H groups in total. The van der Waals surface area contributed by atoms with Gasteiger partial charge in [0.25, 0.3) is 0 Å². The van der Waals surface area contributed by atoms with Gasteiger partial charge in [0.15, 0.2) is 0 Å². The van der Waals surface area contributed by atoms with E-state index in [1.807, 2.05) is 26.8 Å². The smallest absolute Gasteiger partial charge is 0.342 e. The van der Waals surface area contributed by atoms with Gasteiger partial charge in [0.1, 0.15) is 11.3 Å². The van der Waals surface area contributed by atoms with Crippen LogP contribution in [0.15, 0.2) is 24.3 Å². The van der Waals surface area contributed by atoms with Crippen LogP contribution < -0.4 is 4.74 Å². The van der Waals surface area contributed by atoms with Crippen molar-refractivity contribution in [3.63, 3.8) is 0 Å². The molecule has 0 spiro atoms. The highest BCUT2D eigenvalue weighted by Crippen LogP contribution is 2.19. The highest BCUT2D eigenvalue weighted by atomic mass is 16.5. The zero-order valence-electron chi connectivity index (χ0n) is 9.32. The number of ether oxygens (including phenoxy) is 2. The molecule has 0 bridgehead atoms. The van der Waals surface area contributed by atoms with Gasteiger partial charge in [-0.15, -0.1) is 0 Å². The molecule has 0 radical (unpaired) electrons. The van der Waals surface area contributed by atoms with E-state index in [9.17, 15) is 4.79 Å². The molecule has 0 aliphatic carbocycles. The maximum atomic E-state index is 11.6. The highest BCUT2D eigenvalue weighted by molar-refractivity contribution is 5.92. The van der Waals surface area contributed by atoms with Gasteiger partial charge in [-0.05, 0) is 32.9 Å². The largest absolute Gasteiger partial charge is 0.493 e. The molecule has 0 amide bonds. The van der Waals surface area contributed by atoms with Crippen molar-refractivity contribution in [1.29, 1.82) is 0 Å². The summed E-state index contributed by atoms with van der Waals surface area (Å²) in [5, 5.41) is 0. The summed E-state index contributed by atoms with van der Waals surface area (Å²) in [6, 6.07) is 7.09. The molecule has 1 aromatic carbocycles. The minimum Gasteiger partial charge on any atom is -0.493 e. The Balaban J connectivity index is 2.87. The van der Waals surface area contributed by atoms with Crippen molar-refractivity contribution in [2.24, 2.45) is 0 Å². The fourth-order valence-corrected chi connectivity index (χ4v) is 1.19. The molecule has 82 valence electrons. The number of para-hydroxylation sites is 1. The van der Waals surface area contributed by atoms with E-state index in [-0.39, 0.29) is 12.1 Å². The van der Waals surface area contributed by atoms with Gasteiger partial charge in [-0.1, -0.05) is 12.1 Å². The van der Waals surface area contributed by atoms with E-state index in [0.717, 1.165) is 0 Å². The Bertz CT molecular complexity index is 331. The molecular weight excluding hydrogens is 192 g/mol. The Hall–Kier alpha value is -1.51. The molecule has 0 unspecified atom stereocenters. The molecular formula is C12H16O3. The van der Waals surface area contributed by atoms with Crippen molar-refractivity contribution in [3.05, 3.63) is 29.8 Å². The zero-order valence-corrected chi connectivity index (χ0v) is 9.32. The van der Waals surface area contributed by atoms with Gasteiger partial charge in [0.2, 0.25) is 0 Å². The summed E-state index contributed by atoms with van der Waals surface area (Å²) in [5.41, 5.74) is 0.480. The Labute approximate surface area is 90.0 Å². The first-order valence-electron chi connectivity index (χ1n) is 5.08. The average molecular weight is 208 g/mol. The number of hydrogen-bond donors (Lipinski definition) is 0. The van der Waals surface area contributed by atoms with E-state index in [2.05, 4.69) is 0 Å². The van der Waals surface area contributed by atoms with Crippen LogP contribution in [0.5, 0.6) is 5.75 Å². The topological polar surface area (TPSA) is 35.5 Å². The first kappa shape index (κ1) is 11.6. The average Bonchev–Trinajstić information content (AvgIpc) is 2.18. The molecule has 0 atom stereocenters. The lowest BCUT2D eigenvalue weighted by atomic mass is 10.2. The Morgan fingerprint density at radius 2 is 2.00 bits per heavy atom. The minimum atomic E-state index is -0.339. The third kappa shape index (κ3) is 3.27. The quantitative estimate of drug-likeness (QED) is 0.713. The summed E-state index contributed by atoms with van der Waals surface area (Å²) in [6.07, 6.45) is -0.118. The summed E-state index contributed by atoms with van der Waals surface area (Å²) in [6.45, 7) is 6.05. The molecule has 1 aromatic rings. The van der Waals surface area contributed by atoms with Crippen LogP contribution in [0.2, 0.25) is 0 Å². The minimum absolute atomic E-state index is 0.118. The molecule has 0 saturated heterocycles. The first-order valence-corrected chi connectivity index (χ1v) is 5.08. The van der Waals surface area contributed by atoms with Crippen LogP contribution in [0.1, 0.15) is 31.1 Å². The Kier molecular flexibility index (Phi) is 4.16. The Morgan fingerprint density at radius 3 is 2.60 bits per heavy atom. The van der Waals surface area contributed by atoms with E-state index in [1.165, 1.54) is 0 Å². The summed E-state index contributed by atoms with van der Waals surface area (Å²) in [7, 11) is 0. The molecule has 3 heteroatoms. The Morgan fingerprint density at radius 1 is 1.33 bits per heavy atom. The van der Waals surface area contributed by atoms with Gasteiger partial charge in [-0.3, -0.25) is 0 Å². The lowest BCUT2D eigenvalue weighted by molar-refractivity contribution is 0.0373. The predicted octanol–water partition coefficient (Wildman–Crippen LogP) is 2.65. The van der Waals surface area contributed by atoms with E-state index in [4.69, 9.17) is 9.47 Å². The number of carbonyl (C=O) groups excluding carboxylic acids is 1. The van der Waals surface area contributed by atoms with E-state index in [1.54, 1.807) is 18.2 Å². The number of esters is 1. The molecule has 0 aliphatic rings. The molecule has 0 aromatic heterocycles. The fourth-order valence-electron chi connectivity index (χ4n) is 1.19. The third-order valence-electron chi connectivity index (χ3n) is 1.75. The highest BCUT2D eigenvalue weighted by Gasteiger charge is 2.14. The molecule has 0 heterocycles. The molecule has 0 fully saturated rings. The molecule has 0 saturated carbocycles. The van der Waals surface area contributed by atoms with E-state index >= 15 is 0 Å². The second kappa shape index (κ2) is 5.39. The van der Waals surface area contributed by atoms with Gasteiger partial charge in [-0.25, -0.2) is 4.79 Å². The van der Waals surface area contributed by atoms with Crippen LogP contribution in [-0.2, 0) is 4.74 Å². The van der Waals surface area contributed by atoms with Gasteiger partial charge in [0.05, 0.1) is 12.7 Å². The van der Waals surface area contributed by atoms with Crippen molar-refractivity contribution in [3.8, 4) is 5.75 Å².